The van der Waals surface area contributed by atoms with E-state index in [0.717, 1.165) is 32.1 Å². The molecule has 0 aliphatic heterocycles. The van der Waals surface area contributed by atoms with Gasteiger partial charge in [-0.05, 0) is 69.9 Å². The van der Waals surface area contributed by atoms with E-state index in [2.05, 4.69) is 26.0 Å². The Morgan fingerprint density at radius 3 is 2.77 bits per heavy atom. The first-order chi connectivity index (χ1) is 10.3. The molecule has 4 aliphatic rings. The fraction of sp³-hybridized carbons (Fsp3) is 0.650. The lowest BCUT2D eigenvalue weighted by Crippen LogP contribution is -2.49. The van der Waals surface area contributed by atoms with Crippen molar-refractivity contribution < 1.29 is 9.90 Å². The van der Waals surface area contributed by atoms with Crippen LogP contribution in [-0.4, -0.2) is 16.5 Å². The first-order valence-corrected chi connectivity index (χ1v) is 8.65. The maximum absolute atomic E-state index is 11.7. The third kappa shape index (κ3) is 1.62. The Balaban J connectivity index is 1.79. The van der Waals surface area contributed by atoms with E-state index < -0.39 is 5.60 Å². The Labute approximate surface area is 133 Å². The second kappa shape index (κ2) is 4.23. The summed E-state index contributed by atoms with van der Waals surface area (Å²) in [5.41, 5.74) is 2.19. The van der Waals surface area contributed by atoms with Crippen molar-refractivity contribution in [3.05, 3.63) is 35.5 Å². The molecule has 2 saturated carbocycles. The topological polar surface area (TPSA) is 37.3 Å². The van der Waals surface area contributed by atoms with Gasteiger partial charge >= 0.3 is 0 Å². The Morgan fingerprint density at radius 2 is 2.00 bits per heavy atom. The second-order valence-electron chi connectivity index (χ2n) is 8.45. The molecule has 4 aliphatic carbocycles. The molecule has 1 N–H and O–H groups in total. The molecule has 5 atom stereocenters. The van der Waals surface area contributed by atoms with E-state index in [0.29, 0.717) is 11.8 Å². The fourth-order valence-corrected chi connectivity index (χ4v) is 5.75. The second-order valence-corrected chi connectivity index (χ2v) is 8.45. The molecule has 22 heavy (non-hydrogen) atoms. The van der Waals surface area contributed by atoms with Gasteiger partial charge in [-0.2, -0.15) is 0 Å². The minimum atomic E-state index is -0.547. The molecule has 0 unspecified atom stereocenters. The number of carbonyl (C=O) groups excluding carboxylic acids is 1. The van der Waals surface area contributed by atoms with Crippen molar-refractivity contribution in [2.24, 2.45) is 22.7 Å². The molecule has 0 bridgehead atoms. The van der Waals surface area contributed by atoms with Crippen LogP contribution in [0.15, 0.2) is 35.5 Å². The number of hydrogen-bond donors (Lipinski definition) is 1. The average molecular weight is 298 g/mol. The van der Waals surface area contributed by atoms with Crippen molar-refractivity contribution >= 4 is 5.78 Å². The van der Waals surface area contributed by atoms with Gasteiger partial charge in [0, 0.05) is 10.8 Å². The highest BCUT2D eigenvalue weighted by Gasteiger charge is 2.59. The maximum Gasteiger partial charge on any atom is 0.178 e. The van der Waals surface area contributed by atoms with E-state index in [-0.39, 0.29) is 16.6 Å². The summed E-state index contributed by atoms with van der Waals surface area (Å²) >= 11 is 0. The van der Waals surface area contributed by atoms with Crippen molar-refractivity contribution in [1.29, 1.82) is 0 Å². The van der Waals surface area contributed by atoms with Crippen LogP contribution in [0, 0.1) is 22.7 Å². The normalized spacial score (nSPS) is 49.9. The van der Waals surface area contributed by atoms with Gasteiger partial charge in [-0.3, -0.25) is 4.79 Å². The summed E-state index contributed by atoms with van der Waals surface area (Å²) in [6, 6.07) is 0. The lowest BCUT2D eigenvalue weighted by atomic mass is 9.52. The molecule has 0 aromatic carbocycles. The molecule has 0 spiro atoms. The van der Waals surface area contributed by atoms with E-state index in [1.807, 2.05) is 13.0 Å². The number of ketones is 1. The SMILES string of the molecule is C[C@]12C=CC(=O)C=C1CC[C@@H]1C2=CC[C@]2(C)[C@@H]1CC[C@@]2(C)O. The Kier molecular flexibility index (Phi) is 2.77. The molecule has 0 saturated heterocycles. The number of rotatable bonds is 0. The maximum atomic E-state index is 11.7. The summed E-state index contributed by atoms with van der Waals surface area (Å²) in [6.07, 6.45) is 13.3. The van der Waals surface area contributed by atoms with Gasteiger partial charge in [0.2, 0.25) is 0 Å². The van der Waals surface area contributed by atoms with Crippen LogP contribution in [0.1, 0.15) is 52.9 Å². The quantitative estimate of drug-likeness (QED) is 0.687. The fourth-order valence-electron chi connectivity index (χ4n) is 5.75. The van der Waals surface area contributed by atoms with Crippen LogP contribution < -0.4 is 0 Å². The van der Waals surface area contributed by atoms with E-state index in [4.69, 9.17) is 0 Å². The van der Waals surface area contributed by atoms with Gasteiger partial charge < -0.3 is 5.11 Å². The van der Waals surface area contributed by atoms with Crippen molar-refractivity contribution in [3.63, 3.8) is 0 Å². The summed E-state index contributed by atoms with van der Waals surface area (Å²) in [5, 5.41) is 10.9. The molecule has 0 heterocycles. The van der Waals surface area contributed by atoms with Gasteiger partial charge in [0.05, 0.1) is 5.60 Å². The number of hydrogen-bond acceptors (Lipinski definition) is 2. The van der Waals surface area contributed by atoms with E-state index in [1.165, 1.54) is 11.1 Å². The molecule has 0 aromatic rings. The molecular weight excluding hydrogens is 272 g/mol. The Morgan fingerprint density at radius 1 is 1.23 bits per heavy atom. The first kappa shape index (κ1) is 14.4. The molecule has 4 rings (SSSR count). The highest BCUT2D eigenvalue weighted by molar-refractivity contribution is 6.01. The van der Waals surface area contributed by atoms with Gasteiger partial charge in [-0.25, -0.2) is 0 Å². The van der Waals surface area contributed by atoms with E-state index >= 15 is 0 Å². The van der Waals surface area contributed by atoms with E-state index in [1.54, 1.807) is 6.08 Å². The van der Waals surface area contributed by atoms with E-state index in [9.17, 15) is 9.90 Å². The van der Waals surface area contributed by atoms with Gasteiger partial charge in [0.25, 0.3) is 0 Å². The largest absolute Gasteiger partial charge is 0.390 e. The lowest BCUT2D eigenvalue weighted by molar-refractivity contribution is -0.110. The molecule has 2 fully saturated rings. The predicted molar refractivity (Wildman–Crippen MR) is 87.2 cm³/mol. The van der Waals surface area contributed by atoms with Crippen LogP contribution in [0.4, 0.5) is 0 Å². The van der Waals surface area contributed by atoms with Crippen LogP contribution in [0.3, 0.4) is 0 Å². The standard InChI is InChI=1S/C20H26O2/c1-18-9-6-14(21)12-13(18)4-5-15-16(18)7-10-19(2)17(15)8-11-20(19,3)22/h6-7,9,12,15,17,22H,4-5,8,10-11H2,1-3H3/t15-,17-,18+,19-,20-/m1/s1. The lowest BCUT2D eigenvalue weighted by Gasteiger charge is -2.53. The molecule has 2 heteroatoms. The minimum absolute atomic E-state index is 0.00689. The van der Waals surface area contributed by atoms with Crippen LogP contribution in [0.2, 0.25) is 0 Å². The van der Waals surface area contributed by atoms with Crippen LogP contribution in [0.5, 0.6) is 0 Å². The third-order valence-corrected chi connectivity index (χ3v) is 7.51. The molecule has 0 radical (unpaired) electrons. The summed E-state index contributed by atoms with van der Waals surface area (Å²) < 4.78 is 0. The highest BCUT2D eigenvalue weighted by Crippen LogP contribution is 2.64. The van der Waals surface area contributed by atoms with Crippen molar-refractivity contribution in [2.45, 2.75) is 58.5 Å². The zero-order valence-corrected chi connectivity index (χ0v) is 13.9. The molecular formula is C20H26O2. The van der Waals surface area contributed by atoms with Crippen LogP contribution in [-0.2, 0) is 4.79 Å². The molecule has 0 aromatic heterocycles. The van der Waals surface area contributed by atoms with Gasteiger partial charge in [0.1, 0.15) is 0 Å². The summed E-state index contributed by atoms with van der Waals surface area (Å²) in [6.45, 7) is 6.59. The number of carbonyl (C=O) groups is 1. The Bertz CT molecular complexity index is 636. The monoisotopic (exact) mass is 298 g/mol. The average Bonchev–Trinajstić information content (AvgIpc) is 2.70. The number of fused-ring (bicyclic) bond motifs is 5. The first-order valence-electron chi connectivity index (χ1n) is 8.65. The summed E-state index contributed by atoms with van der Waals surface area (Å²) in [4.78, 5) is 11.7. The Hall–Kier alpha value is -1.15. The molecule has 0 amide bonds. The molecule has 2 nitrogen and oxygen atoms in total. The van der Waals surface area contributed by atoms with Gasteiger partial charge in [-0.1, -0.05) is 30.2 Å². The predicted octanol–water partition coefficient (Wildman–Crippen LogP) is 3.97. The van der Waals surface area contributed by atoms with Gasteiger partial charge in [-0.15, -0.1) is 0 Å². The zero-order valence-electron chi connectivity index (χ0n) is 13.9. The zero-order chi connectivity index (χ0) is 15.8. The summed E-state index contributed by atoms with van der Waals surface area (Å²) in [7, 11) is 0. The third-order valence-electron chi connectivity index (χ3n) is 7.51. The van der Waals surface area contributed by atoms with Crippen LogP contribution >= 0.6 is 0 Å². The number of allylic oxidation sites excluding steroid dienone is 6. The highest BCUT2D eigenvalue weighted by atomic mass is 16.3. The van der Waals surface area contributed by atoms with Gasteiger partial charge in [0.15, 0.2) is 5.78 Å². The molecule has 118 valence electrons. The summed E-state index contributed by atoms with van der Waals surface area (Å²) in [5.74, 6) is 1.27. The minimum Gasteiger partial charge on any atom is -0.390 e. The van der Waals surface area contributed by atoms with Crippen LogP contribution in [0.25, 0.3) is 0 Å². The number of aliphatic hydroxyl groups is 1. The smallest absolute Gasteiger partial charge is 0.178 e. The van der Waals surface area contributed by atoms with Crippen molar-refractivity contribution in [2.75, 3.05) is 0 Å². The van der Waals surface area contributed by atoms with Crippen molar-refractivity contribution in [3.8, 4) is 0 Å². The van der Waals surface area contributed by atoms with Crippen molar-refractivity contribution in [1.82, 2.24) is 0 Å².